The van der Waals surface area contributed by atoms with Crippen molar-refractivity contribution in [3.63, 3.8) is 0 Å². The van der Waals surface area contributed by atoms with Crippen LogP contribution in [-0.2, 0) is 4.79 Å². The zero-order valence-corrected chi connectivity index (χ0v) is 11.1. The highest BCUT2D eigenvalue weighted by Crippen LogP contribution is 2.18. The van der Waals surface area contributed by atoms with E-state index in [1.807, 2.05) is 0 Å². The highest BCUT2D eigenvalue weighted by atomic mass is 19.1. The van der Waals surface area contributed by atoms with Crippen molar-refractivity contribution in [2.45, 2.75) is 25.8 Å². The smallest absolute Gasteiger partial charge is 0.254 e. The van der Waals surface area contributed by atoms with E-state index >= 15 is 0 Å². The van der Waals surface area contributed by atoms with E-state index in [-0.39, 0.29) is 30.2 Å². The van der Waals surface area contributed by atoms with Gasteiger partial charge in [0.15, 0.2) is 0 Å². The lowest BCUT2D eigenvalue weighted by Gasteiger charge is -2.17. The van der Waals surface area contributed by atoms with Crippen LogP contribution in [0.25, 0.3) is 0 Å². The standard InChI is InChI=1S/C14H17FN2O2/c1-9-7-10(3-6-12(9)15)14(19)17(2)8-13(18)16-11-4-5-11/h3,6-7,11H,4-5,8H2,1-2H3,(H,16,18). The summed E-state index contributed by atoms with van der Waals surface area (Å²) in [6, 6.07) is 4.47. The minimum atomic E-state index is -0.342. The van der Waals surface area contributed by atoms with Crippen LogP contribution in [0.15, 0.2) is 18.2 Å². The number of amides is 2. The van der Waals surface area contributed by atoms with E-state index < -0.39 is 0 Å². The van der Waals surface area contributed by atoms with Crippen molar-refractivity contribution in [1.29, 1.82) is 0 Å². The quantitative estimate of drug-likeness (QED) is 0.895. The number of carbonyl (C=O) groups is 2. The Bertz CT molecular complexity index is 512. The molecule has 1 aromatic carbocycles. The van der Waals surface area contributed by atoms with Gasteiger partial charge in [-0.25, -0.2) is 4.39 Å². The summed E-state index contributed by atoms with van der Waals surface area (Å²) in [5, 5.41) is 2.82. The van der Waals surface area contributed by atoms with E-state index in [1.54, 1.807) is 14.0 Å². The zero-order valence-electron chi connectivity index (χ0n) is 11.1. The number of likely N-dealkylation sites (N-methyl/N-ethyl adjacent to an activating group) is 1. The molecule has 0 radical (unpaired) electrons. The van der Waals surface area contributed by atoms with Crippen molar-refractivity contribution in [3.8, 4) is 0 Å². The van der Waals surface area contributed by atoms with Crippen LogP contribution in [-0.4, -0.2) is 36.3 Å². The summed E-state index contributed by atoms with van der Waals surface area (Å²) in [6.45, 7) is 1.62. The van der Waals surface area contributed by atoms with Gasteiger partial charge in [-0.2, -0.15) is 0 Å². The van der Waals surface area contributed by atoms with E-state index in [0.717, 1.165) is 12.8 Å². The third-order valence-electron chi connectivity index (χ3n) is 3.07. The predicted molar refractivity (Wildman–Crippen MR) is 69.3 cm³/mol. The number of nitrogens with zero attached hydrogens (tertiary/aromatic N) is 1. The van der Waals surface area contributed by atoms with Crippen LogP contribution in [0.4, 0.5) is 4.39 Å². The summed E-state index contributed by atoms with van der Waals surface area (Å²) in [7, 11) is 1.56. The second kappa shape index (κ2) is 5.38. The molecule has 2 rings (SSSR count). The third kappa shape index (κ3) is 3.53. The van der Waals surface area contributed by atoms with Crippen LogP contribution >= 0.6 is 0 Å². The van der Waals surface area contributed by atoms with Crippen LogP contribution < -0.4 is 5.32 Å². The number of hydrogen-bond donors (Lipinski definition) is 1. The Hall–Kier alpha value is -1.91. The Balaban J connectivity index is 1.97. The summed E-state index contributed by atoms with van der Waals surface area (Å²) in [6.07, 6.45) is 2.03. The van der Waals surface area contributed by atoms with Crippen molar-refractivity contribution in [2.24, 2.45) is 0 Å². The van der Waals surface area contributed by atoms with E-state index in [1.165, 1.54) is 23.1 Å². The van der Waals surface area contributed by atoms with Gasteiger partial charge >= 0.3 is 0 Å². The van der Waals surface area contributed by atoms with E-state index in [0.29, 0.717) is 11.1 Å². The third-order valence-corrected chi connectivity index (χ3v) is 3.07. The first-order chi connectivity index (χ1) is 8.97. The fraction of sp³-hybridized carbons (Fsp3) is 0.429. The molecule has 1 aliphatic rings. The average Bonchev–Trinajstić information content (AvgIpc) is 3.15. The molecule has 1 N–H and O–H groups in total. The fourth-order valence-corrected chi connectivity index (χ4v) is 1.79. The molecule has 0 saturated heterocycles. The van der Waals surface area contributed by atoms with Gasteiger partial charge in [0.05, 0.1) is 6.54 Å². The van der Waals surface area contributed by atoms with Gasteiger partial charge in [0, 0.05) is 18.7 Å². The van der Waals surface area contributed by atoms with Gasteiger partial charge in [-0.05, 0) is 43.5 Å². The van der Waals surface area contributed by atoms with E-state index in [9.17, 15) is 14.0 Å². The minimum absolute atomic E-state index is 0.0196. The summed E-state index contributed by atoms with van der Waals surface area (Å²) >= 11 is 0. The molecule has 0 aliphatic heterocycles. The molecule has 1 aromatic rings. The molecular formula is C14H17FN2O2. The van der Waals surface area contributed by atoms with Crippen molar-refractivity contribution >= 4 is 11.8 Å². The molecule has 0 bridgehead atoms. The SMILES string of the molecule is Cc1cc(C(=O)N(C)CC(=O)NC2CC2)ccc1F. The Kier molecular flexibility index (Phi) is 3.83. The molecule has 19 heavy (non-hydrogen) atoms. The number of rotatable bonds is 4. The minimum Gasteiger partial charge on any atom is -0.352 e. The monoisotopic (exact) mass is 264 g/mol. The first-order valence-electron chi connectivity index (χ1n) is 6.28. The molecule has 1 aliphatic carbocycles. The number of benzene rings is 1. The Morgan fingerprint density at radius 1 is 1.42 bits per heavy atom. The van der Waals surface area contributed by atoms with E-state index in [4.69, 9.17) is 0 Å². The first-order valence-corrected chi connectivity index (χ1v) is 6.28. The molecule has 1 saturated carbocycles. The molecule has 2 amide bonds. The largest absolute Gasteiger partial charge is 0.352 e. The van der Waals surface area contributed by atoms with Crippen molar-refractivity contribution in [3.05, 3.63) is 35.1 Å². The summed E-state index contributed by atoms with van der Waals surface area (Å²) in [5.41, 5.74) is 0.808. The number of hydrogen-bond acceptors (Lipinski definition) is 2. The lowest BCUT2D eigenvalue weighted by Crippen LogP contribution is -2.39. The molecule has 0 unspecified atom stereocenters. The van der Waals surface area contributed by atoms with Crippen LogP contribution in [0.2, 0.25) is 0 Å². The van der Waals surface area contributed by atoms with Gasteiger partial charge in [-0.1, -0.05) is 0 Å². The zero-order chi connectivity index (χ0) is 14.0. The second-order valence-corrected chi connectivity index (χ2v) is 4.97. The molecular weight excluding hydrogens is 247 g/mol. The van der Waals surface area contributed by atoms with Crippen LogP contribution in [0.5, 0.6) is 0 Å². The van der Waals surface area contributed by atoms with E-state index in [2.05, 4.69) is 5.32 Å². The molecule has 4 nitrogen and oxygen atoms in total. The van der Waals surface area contributed by atoms with Gasteiger partial charge in [0.2, 0.25) is 5.91 Å². The second-order valence-electron chi connectivity index (χ2n) is 4.97. The van der Waals surface area contributed by atoms with Gasteiger partial charge in [-0.15, -0.1) is 0 Å². The molecule has 1 fully saturated rings. The molecule has 5 heteroatoms. The highest BCUT2D eigenvalue weighted by molar-refractivity contribution is 5.96. The molecule has 102 valence electrons. The lowest BCUT2D eigenvalue weighted by molar-refractivity contribution is -0.121. The maximum absolute atomic E-state index is 13.1. The molecule has 0 atom stereocenters. The number of carbonyl (C=O) groups excluding carboxylic acids is 2. The number of halogens is 1. The van der Waals surface area contributed by atoms with Crippen LogP contribution in [0, 0.1) is 12.7 Å². The number of aryl methyl sites for hydroxylation is 1. The van der Waals surface area contributed by atoms with Gasteiger partial charge in [-0.3, -0.25) is 9.59 Å². The lowest BCUT2D eigenvalue weighted by atomic mass is 10.1. The normalized spacial score (nSPS) is 14.1. The van der Waals surface area contributed by atoms with Crippen molar-refractivity contribution < 1.29 is 14.0 Å². The topological polar surface area (TPSA) is 49.4 Å². The Morgan fingerprint density at radius 2 is 2.11 bits per heavy atom. The highest BCUT2D eigenvalue weighted by Gasteiger charge is 2.24. The maximum Gasteiger partial charge on any atom is 0.254 e. The van der Waals surface area contributed by atoms with Gasteiger partial charge in [0.1, 0.15) is 5.82 Å². The summed E-state index contributed by atoms with van der Waals surface area (Å²) in [4.78, 5) is 25.0. The maximum atomic E-state index is 13.1. The van der Waals surface area contributed by atoms with Gasteiger partial charge in [0.25, 0.3) is 5.91 Å². The fourth-order valence-electron chi connectivity index (χ4n) is 1.79. The first kappa shape index (κ1) is 13.5. The molecule has 0 heterocycles. The summed E-state index contributed by atoms with van der Waals surface area (Å²) < 4.78 is 13.1. The van der Waals surface area contributed by atoms with Gasteiger partial charge < -0.3 is 10.2 Å². The predicted octanol–water partition coefficient (Wildman–Crippen LogP) is 1.48. The van der Waals surface area contributed by atoms with Crippen molar-refractivity contribution in [2.75, 3.05) is 13.6 Å². The molecule has 0 spiro atoms. The van der Waals surface area contributed by atoms with Crippen LogP contribution in [0.3, 0.4) is 0 Å². The Morgan fingerprint density at radius 3 is 2.68 bits per heavy atom. The number of nitrogens with one attached hydrogen (secondary N) is 1. The average molecular weight is 264 g/mol. The summed E-state index contributed by atoms with van der Waals surface area (Å²) in [5.74, 6) is -0.781. The van der Waals surface area contributed by atoms with Crippen LogP contribution in [0.1, 0.15) is 28.8 Å². The molecule has 0 aromatic heterocycles. The van der Waals surface area contributed by atoms with Crippen molar-refractivity contribution in [1.82, 2.24) is 10.2 Å². The Labute approximate surface area is 111 Å².